The third-order valence-electron chi connectivity index (χ3n) is 7.85. The summed E-state index contributed by atoms with van der Waals surface area (Å²) in [6.07, 6.45) is 6.16. The van der Waals surface area contributed by atoms with Gasteiger partial charge in [-0.25, -0.2) is 4.79 Å². The van der Waals surface area contributed by atoms with Crippen molar-refractivity contribution in [1.82, 2.24) is 14.4 Å². The number of likely N-dealkylation sites (N-methyl/N-ethyl adjacent to an activating group) is 2. The molecule has 0 spiro atoms. The second-order valence-corrected chi connectivity index (χ2v) is 10.5. The smallest absolute Gasteiger partial charge is 0.335 e. The fraction of sp³-hybridized carbons (Fsp3) is 0.483. The van der Waals surface area contributed by atoms with E-state index in [1.54, 1.807) is 6.07 Å². The Balaban J connectivity index is 1.72. The van der Waals surface area contributed by atoms with Crippen molar-refractivity contribution in [1.29, 1.82) is 0 Å². The van der Waals surface area contributed by atoms with Crippen molar-refractivity contribution in [2.24, 2.45) is 0 Å². The molecular formula is C29H37N3O3. The van der Waals surface area contributed by atoms with Gasteiger partial charge >= 0.3 is 5.97 Å². The molecule has 2 aliphatic rings. The fourth-order valence-corrected chi connectivity index (χ4v) is 5.84. The van der Waals surface area contributed by atoms with Gasteiger partial charge in [0, 0.05) is 36.1 Å². The molecule has 1 unspecified atom stereocenters. The summed E-state index contributed by atoms with van der Waals surface area (Å²) < 4.78 is 8.87. The average Bonchev–Trinajstić information content (AvgIpc) is 3.16. The third-order valence-corrected chi connectivity index (χ3v) is 7.85. The number of hydrogen-bond donors (Lipinski definition) is 1. The van der Waals surface area contributed by atoms with E-state index in [9.17, 15) is 9.90 Å². The van der Waals surface area contributed by atoms with E-state index in [0.29, 0.717) is 18.1 Å². The van der Waals surface area contributed by atoms with Crippen molar-refractivity contribution in [2.45, 2.75) is 50.6 Å². The molecule has 0 bridgehead atoms. The normalized spacial score (nSPS) is 18.7. The minimum Gasteiger partial charge on any atom is -0.491 e. The number of fused-ring (bicyclic) bond motifs is 5. The maximum atomic E-state index is 11.9. The van der Waals surface area contributed by atoms with Gasteiger partial charge in [0.15, 0.2) is 0 Å². The van der Waals surface area contributed by atoms with Gasteiger partial charge < -0.3 is 19.3 Å². The van der Waals surface area contributed by atoms with Gasteiger partial charge in [-0.15, -0.1) is 0 Å². The molecule has 5 rings (SSSR count). The van der Waals surface area contributed by atoms with Crippen LogP contribution in [-0.4, -0.2) is 72.3 Å². The highest BCUT2D eigenvalue weighted by Crippen LogP contribution is 2.47. The summed E-state index contributed by atoms with van der Waals surface area (Å²) in [7, 11) is 6.36. The Morgan fingerprint density at radius 2 is 1.83 bits per heavy atom. The minimum atomic E-state index is -0.879. The number of carbonyl (C=O) groups is 1. The molecule has 1 aliphatic carbocycles. The van der Waals surface area contributed by atoms with E-state index in [0.717, 1.165) is 36.5 Å². The zero-order valence-corrected chi connectivity index (χ0v) is 21.2. The Kier molecular flexibility index (Phi) is 6.85. The summed E-state index contributed by atoms with van der Waals surface area (Å²) in [5.74, 6) is 0.518. The lowest BCUT2D eigenvalue weighted by Gasteiger charge is -2.33. The number of ether oxygens (including phenoxy) is 1. The average molecular weight is 476 g/mol. The third kappa shape index (κ3) is 4.69. The summed E-state index contributed by atoms with van der Waals surface area (Å²) in [4.78, 5) is 16.5. The van der Waals surface area contributed by atoms with Crippen LogP contribution in [0.2, 0.25) is 0 Å². The van der Waals surface area contributed by atoms with E-state index in [-0.39, 0.29) is 6.04 Å². The number of rotatable bonds is 6. The van der Waals surface area contributed by atoms with Crippen LogP contribution in [0.15, 0.2) is 42.5 Å². The molecule has 6 nitrogen and oxygen atoms in total. The Morgan fingerprint density at radius 3 is 2.57 bits per heavy atom. The molecular weight excluding hydrogens is 438 g/mol. The van der Waals surface area contributed by atoms with Gasteiger partial charge in [-0.1, -0.05) is 37.5 Å². The molecule has 2 heterocycles. The second-order valence-electron chi connectivity index (χ2n) is 10.5. The lowest BCUT2D eigenvalue weighted by molar-refractivity contribution is 0.0697. The van der Waals surface area contributed by atoms with Gasteiger partial charge in [-0.2, -0.15) is 0 Å². The summed E-state index contributed by atoms with van der Waals surface area (Å²) in [6.45, 7) is 3.27. The highest BCUT2D eigenvalue weighted by Gasteiger charge is 2.31. The van der Waals surface area contributed by atoms with E-state index in [1.807, 2.05) is 12.1 Å². The lowest BCUT2D eigenvalue weighted by Crippen LogP contribution is -2.43. The van der Waals surface area contributed by atoms with Gasteiger partial charge in [0.2, 0.25) is 0 Å². The lowest BCUT2D eigenvalue weighted by atomic mass is 9.81. The Bertz CT molecular complexity index is 1210. The van der Waals surface area contributed by atoms with Crippen LogP contribution in [0.3, 0.4) is 0 Å². The molecule has 0 saturated heterocycles. The second kappa shape index (κ2) is 10.0. The first-order valence-corrected chi connectivity index (χ1v) is 12.9. The molecule has 0 radical (unpaired) electrons. The monoisotopic (exact) mass is 475 g/mol. The van der Waals surface area contributed by atoms with Gasteiger partial charge in [-0.3, -0.25) is 4.90 Å². The summed E-state index contributed by atoms with van der Waals surface area (Å²) in [6, 6.07) is 14.2. The molecule has 3 aromatic rings. The largest absolute Gasteiger partial charge is 0.491 e. The first-order chi connectivity index (χ1) is 16.9. The highest BCUT2D eigenvalue weighted by molar-refractivity contribution is 5.98. The molecule has 1 saturated carbocycles. The van der Waals surface area contributed by atoms with Crippen LogP contribution in [0.1, 0.15) is 53.9 Å². The van der Waals surface area contributed by atoms with E-state index < -0.39 is 5.97 Å². The SMILES string of the molecule is CN(C)CCN(C)C1COc2ccccc2-c2c(C3CCCCC3)c3ccc(C(=O)O)cc3n2C1. The number of hydrogen-bond acceptors (Lipinski definition) is 4. The van der Waals surface area contributed by atoms with Crippen molar-refractivity contribution < 1.29 is 14.6 Å². The van der Waals surface area contributed by atoms with Crippen molar-refractivity contribution in [2.75, 3.05) is 40.8 Å². The zero-order valence-electron chi connectivity index (χ0n) is 21.2. The first kappa shape index (κ1) is 23.9. The van der Waals surface area contributed by atoms with Gasteiger partial charge in [0.1, 0.15) is 12.4 Å². The molecule has 1 aromatic heterocycles. The zero-order chi connectivity index (χ0) is 24.5. The van der Waals surface area contributed by atoms with E-state index >= 15 is 0 Å². The van der Waals surface area contributed by atoms with Crippen LogP contribution < -0.4 is 4.74 Å². The number of carboxylic acid groups (broad SMARTS) is 1. The number of carboxylic acids is 1. The van der Waals surface area contributed by atoms with Crippen LogP contribution in [0.5, 0.6) is 5.75 Å². The van der Waals surface area contributed by atoms with Gasteiger partial charge in [0.25, 0.3) is 0 Å². The van der Waals surface area contributed by atoms with Crippen LogP contribution in [-0.2, 0) is 6.54 Å². The van der Waals surface area contributed by atoms with Crippen molar-refractivity contribution in [3.8, 4) is 17.0 Å². The number of aromatic nitrogens is 1. The molecule has 186 valence electrons. The predicted molar refractivity (Wildman–Crippen MR) is 141 cm³/mol. The van der Waals surface area contributed by atoms with Crippen LogP contribution in [0.25, 0.3) is 22.2 Å². The Morgan fingerprint density at radius 1 is 1.06 bits per heavy atom. The number of para-hydroxylation sites is 1. The molecule has 2 aromatic carbocycles. The van der Waals surface area contributed by atoms with Gasteiger partial charge in [-0.05, 0) is 69.7 Å². The molecule has 6 heteroatoms. The topological polar surface area (TPSA) is 57.9 Å². The number of benzene rings is 2. The molecule has 1 N–H and O–H groups in total. The van der Waals surface area contributed by atoms with Crippen molar-refractivity contribution in [3.05, 3.63) is 53.6 Å². The van der Waals surface area contributed by atoms with Crippen LogP contribution in [0, 0.1) is 0 Å². The standard InChI is InChI=1S/C29H37N3O3/c1-30(2)15-16-31(3)22-18-32-25-17-21(29(33)34)13-14-23(25)27(20-9-5-4-6-10-20)28(32)24-11-7-8-12-26(24)35-19-22/h7-8,11-14,17,20,22H,4-6,9-10,15-16,18-19H2,1-3H3,(H,33,34). The predicted octanol–water partition coefficient (Wildman–Crippen LogP) is 5.31. The molecule has 1 aliphatic heterocycles. The maximum absolute atomic E-state index is 11.9. The Labute approximate surface area is 208 Å². The number of nitrogens with zero attached hydrogens (tertiary/aromatic N) is 3. The van der Waals surface area contributed by atoms with Gasteiger partial charge in [0.05, 0.1) is 17.3 Å². The van der Waals surface area contributed by atoms with E-state index in [4.69, 9.17) is 4.74 Å². The molecule has 0 amide bonds. The van der Waals surface area contributed by atoms with E-state index in [1.165, 1.54) is 48.7 Å². The maximum Gasteiger partial charge on any atom is 0.335 e. The first-order valence-electron chi connectivity index (χ1n) is 12.9. The van der Waals surface area contributed by atoms with Crippen molar-refractivity contribution >= 4 is 16.9 Å². The van der Waals surface area contributed by atoms with Crippen LogP contribution in [0.4, 0.5) is 0 Å². The Hall–Kier alpha value is -2.83. The van der Waals surface area contributed by atoms with E-state index in [2.05, 4.69) is 59.8 Å². The molecule has 1 fully saturated rings. The molecule has 1 atom stereocenters. The van der Waals surface area contributed by atoms with Crippen molar-refractivity contribution in [3.63, 3.8) is 0 Å². The summed E-state index contributed by atoms with van der Waals surface area (Å²) >= 11 is 0. The quantitative estimate of drug-likeness (QED) is 0.524. The molecule has 35 heavy (non-hydrogen) atoms. The fourth-order valence-electron chi connectivity index (χ4n) is 5.84. The minimum absolute atomic E-state index is 0.172. The highest BCUT2D eigenvalue weighted by atomic mass is 16.5. The summed E-state index contributed by atoms with van der Waals surface area (Å²) in [5.41, 5.74) is 5.09. The number of aromatic carboxylic acids is 1. The summed E-state index contributed by atoms with van der Waals surface area (Å²) in [5, 5.41) is 11.0. The van der Waals surface area contributed by atoms with Crippen LogP contribution >= 0.6 is 0 Å².